The van der Waals surface area contributed by atoms with E-state index in [4.69, 9.17) is 0 Å². The molecule has 0 bridgehead atoms. The molecule has 0 aromatic heterocycles. The molecule has 0 spiro atoms. The molecule has 4 aromatic carbocycles. The highest BCUT2D eigenvalue weighted by atomic mass is 16.3. The van der Waals surface area contributed by atoms with Crippen molar-refractivity contribution in [1.82, 2.24) is 0 Å². The second-order valence-corrected chi connectivity index (χ2v) is 7.50. The van der Waals surface area contributed by atoms with Gasteiger partial charge in [0.1, 0.15) is 11.5 Å². The van der Waals surface area contributed by atoms with Gasteiger partial charge in [-0.1, -0.05) is 84.9 Å². The van der Waals surface area contributed by atoms with Crippen molar-refractivity contribution in [2.24, 2.45) is 0 Å². The highest BCUT2D eigenvalue weighted by molar-refractivity contribution is 5.45. The summed E-state index contributed by atoms with van der Waals surface area (Å²) in [5.74, 6) is 0.551. The number of aromatic hydroxyl groups is 2. The molecule has 0 radical (unpaired) electrons. The maximum absolute atomic E-state index is 9.73. The van der Waals surface area contributed by atoms with Crippen LogP contribution in [0.3, 0.4) is 0 Å². The quantitative estimate of drug-likeness (QED) is 0.439. The molecule has 4 aromatic rings. The van der Waals surface area contributed by atoms with E-state index in [1.54, 1.807) is 24.3 Å². The summed E-state index contributed by atoms with van der Waals surface area (Å²) < 4.78 is 0. The van der Waals surface area contributed by atoms with Gasteiger partial charge in [-0.2, -0.15) is 0 Å². The maximum Gasteiger partial charge on any atom is 0.115 e. The second-order valence-electron chi connectivity index (χ2n) is 7.50. The van der Waals surface area contributed by atoms with Gasteiger partial charge in [-0.25, -0.2) is 0 Å². The Balaban J connectivity index is 1.88. The number of phenolic OH excluding ortho intramolecular Hbond substituents is 2. The number of hydrogen-bond donors (Lipinski definition) is 2. The van der Waals surface area contributed by atoms with Gasteiger partial charge in [0.25, 0.3) is 0 Å². The summed E-state index contributed by atoms with van der Waals surface area (Å²) in [6, 6.07) is 36.1. The summed E-state index contributed by atoms with van der Waals surface area (Å²) in [5, 5.41) is 19.5. The van der Waals surface area contributed by atoms with Gasteiger partial charge in [-0.3, -0.25) is 0 Å². The van der Waals surface area contributed by atoms with E-state index < -0.39 is 0 Å². The Morgan fingerprint density at radius 1 is 0.448 bits per heavy atom. The van der Waals surface area contributed by atoms with Crippen LogP contribution in [0.25, 0.3) is 0 Å². The van der Waals surface area contributed by atoms with Crippen LogP contribution in [0.2, 0.25) is 0 Å². The minimum atomic E-state index is -0.281. The Morgan fingerprint density at radius 2 is 0.793 bits per heavy atom. The molecule has 0 aliphatic rings. The van der Waals surface area contributed by atoms with Crippen LogP contribution in [0.4, 0.5) is 0 Å². The Bertz CT molecular complexity index is 948. The Morgan fingerprint density at radius 3 is 1.14 bits per heavy atom. The molecule has 0 heterocycles. The summed E-state index contributed by atoms with van der Waals surface area (Å²) in [5.41, 5.74) is 4.53. The SMILES string of the molecule is Oc1ccc(CC(Cc2ccc(O)cc2)(c2ccccc2)c2ccccc2)cc1. The average Bonchev–Trinajstić information content (AvgIpc) is 2.77. The van der Waals surface area contributed by atoms with Gasteiger partial charge in [0, 0.05) is 5.41 Å². The van der Waals surface area contributed by atoms with Gasteiger partial charge in [0.05, 0.1) is 0 Å². The smallest absolute Gasteiger partial charge is 0.115 e. The molecular formula is C27H24O2. The molecule has 0 saturated carbocycles. The normalized spacial score (nSPS) is 11.3. The van der Waals surface area contributed by atoms with Crippen LogP contribution in [0.5, 0.6) is 11.5 Å². The standard InChI is InChI=1S/C27H24O2/c28-25-15-11-21(12-16-25)19-27(23-7-3-1-4-8-23,24-9-5-2-6-10-24)20-22-13-17-26(29)18-14-22/h1-18,28-29H,19-20H2. The zero-order valence-corrected chi connectivity index (χ0v) is 16.2. The van der Waals surface area contributed by atoms with E-state index in [-0.39, 0.29) is 16.9 Å². The van der Waals surface area contributed by atoms with Crippen molar-refractivity contribution < 1.29 is 10.2 Å². The maximum atomic E-state index is 9.73. The molecule has 2 nitrogen and oxygen atoms in total. The first-order valence-corrected chi connectivity index (χ1v) is 9.83. The van der Waals surface area contributed by atoms with Crippen molar-refractivity contribution in [3.05, 3.63) is 131 Å². The number of benzene rings is 4. The number of phenols is 2. The molecule has 0 fully saturated rings. The fourth-order valence-electron chi connectivity index (χ4n) is 4.08. The van der Waals surface area contributed by atoms with E-state index >= 15 is 0 Å². The molecule has 0 atom stereocenters. The topological polar surface area (TPSA) is 40.5 Å². The molecule has 4 rings (SSSR count). The van der Waals surface area contributed by atoms with Crippen LogP contribution in [0.15, 0.2) is 109 Å². The van der Waals surface area contributed by atoms with Crippen molar-refractivity contribution >= 4 is 0 Å². The predicted octanol–water partition coefficient (Wildman–Crippen LogP) is 5.87. The summed E-state index contributed by atoms with van der Waals surface area (Å²) >= 11 is 0. The molecule has 0 aliphatic heterocycles. The minimum Gasteiger partial charge on any atom is -0.508 e. The fraction of sp³-hybridized carbons (Fsp3) is 0.111. The Kier molecular flexibility index (Phi) is 5.35. The van der Waals surface area contributed by atoms with Gasteiger partial charge in [0.2, 0.25) is 0 Å². The highest BCUT2D eigenvalue weighted by Gasteiger charge is 2.34. The van der Waals surface area contributed by atoms with Crippen molar-refractivity contribution in [2.75, 3.05) is 0 Å². The van der Waals surface area contributed by atoms with E-state index in [9.17, 15) is 10.2 Å². The molecule has 0 amide bonds. The molecule has 0 aliphatic carbocycles. The molecule has 2 N–H and O–H groups in total. The first-order valence-electron chi connectivity index (χ1n) is 9.83. The lowest BCUT2D eigenvalue weighted by Gasteiger charge is -2.36. The largest absolute Gasteiger partial charge is 0.508 e. The molecular weight excluding hydrogens is 356 g/mol. The highest BCUT2D eigenvalue weighted by Crippen LogP contribution is 2.39. The molecule has 0 unspecified atom stereocenters. The van der Waals surface area contributed by atoms with E-state index in [1.165, 1.54) is 11.1 Å². The van der Waals surface area contributed by atoms with Crippen molar-refractivity contribution in [1.29, 1.82) is 0 Å². The van der Waals surface area contributed by atoms with Gasteiger partial charge >= 0.3 is 0 Å². The van der Waals surface area contributed by atoms with Gasteiger partial charge in [-0.15, -0.1) is 0 Å². The fourth-order valence-corrected chi connectivity index (χ4v) is 4.08. The third-order valence-electron chi connectivity index (χ3n) is 5.54. The van der Waals surface area contributed by atoms with E-state index in [2.05, 4.69) is 48.5 Å². The number of hydrogen-bond acceptors (Lipinski definition) is 2. The lowest BCUT2D eigenvalue weighted by atomic mass is 9.67. The van der Waals surface area contributed by atoms with E-state index in [0.29, 0.717) is 0 Å². The number of rotatable bonds is 6. The monoisotopic (exact) mass is 380 g/mol. The molecule has 29 heavy (non-hydrogen) atoms. The predicted molar refractivity (Wildman–Crippen MR) is 117 cm³/mol. The average molecular weight is 380 g/mol. The van der Waals surface area contributed by atoms with Gasteiger partial charge in [-0.05, 0) is 59.4 Å². The first kappa shape index (κ1) is 18.8. The van der Waals surface area contributed by atoms with Crippen LogP contribution in [-0.2, 0) is 18.3 Å². The minimum absolute atomic E-state index is 0.275. The van der Waals surface area contributed by atoms with Gasteiger partial charge in [0.15, 0.2) is 0 Å². The third kappa shape index (κ3) is 4.17. The zero-order valence-electron chi connectivity index (χ0n) is 16.2. The Hall–Kier alpha value is -3.52. The van der Waals surface area contributed by atoms with Crippen LogP contribution in [-0.4, -0.2) is 10.2 Å². The first-order chi connectivity index (χ1) is 14.2. The Labute approximate surface area is 171 Å². The summed E-state index contributed by atoms with van der Waals surface area (Å²) in [4.78, 5) is 0. The molecule has 0 saturated heterocycles. The van der Waals surface area contributed by atoms with E-state index in [0.717, 1.165) is 24.0 Å². The van der Waals surface area contributed by atoms with Gasteiger partial charge < -0.3 is 10.2 Å². The van der Waals surface area contributed by atoms with Crippen molar-refractivity contribution in [3.63, 3.8) is 0 Å². The van der Waals surface area contributed by atoms with Crippen molar-refractivity contribution in [3.8, 4) is 11.5 Å². The lowest BCUT2D eigenvalue weighted by molar-refractivity contribution is 0.472. The third-order valence-corrected chi connectivity index (χ3v) is 5.54. The lowest BCUT2D eigenvalue weighted by Crippen LogP contribution is -2.33. The van der Waals surface area contributed by atoms with Crippen LogP contribution >= 0.6 is 0 Å². The summed E-state index contributed by atoms with van der Waals surface area (Å²) in [7, 11) is 0. The molecule has 2 heteroatoms. The zero-order chi connectivity index (χ0) is 20.1. The van der Waals surface area contributed by atoms with Crippen LogP contribution < -0.4 is 0 Å². The second kappa shape index (κ2) is 8.24. The van der Waals surface area contributed by atoms with Crippen LogP contribution in [0, 0.1) is 0 Å². The van der Waals surface area contributed by atoms with Crippen LogP contribution in [0.1, 0.15) is 22.3 Å². The summed E-state index contributed by atoms with van der Waals surface area (Å²) in [6.07, 6.45) is 1.59. The van der Waals surface area contributed by atoms with E-state index in [1.807, 2.05) is 36.4 Å². The molecule has 144 valence electrons. The van der Waals surface area contributed by atoms with Crippen molar-refractivity contribution in [2.45, 2.75) is 18.3 Å². The summed E-state index contributed by atoms with van der Waals surface area (Å²) in [6.45, 7) is 0.